The van der Waals surface area contributed by atoms with Gasteiger partial charge in [0.25, 0.3) is 5.91 Å². The van der Waals surface area contributed by atoms with Crippen LogP contribution >= 0.6 is 0 Å². The third-order valence-corrected chi connectivity index (χ3v) is 3.09. The monoisotopic (exact) mass is 237 g/mol. The van der Waals surface area contributed by atoms with Crippen molar-refractivity contribution in [2.24, 2.45) is 7.05 Å². The van der Waals surface area contributed by atoms with Crippen LogP contribution in [0.2, 0.25) is 0 Å². The number of nitrogens with zero attached hydrogens (tertiary/aromatic N) is 2. The van der Waals surface area contributed by atoms with E-state index in [-0.39, 0.29) is 5.91 Å². The van der Waals surface area contributed by atoms with Gasteiger partial charge in [-0.1, -0.05) is 0 Å². The number of hydrogen-bond donors (Lipinski definition) is 1. The Morgan fingerprint density at radius 1 is 1.41 bits per heavy atom. The molecule has 1 N–H and O–H groups in total. The SMILES string of the molecule is Cc1cc(C(=O)NCCCN(C)C)c(C)n1C. The molecule has 0 atom stereocenters. The second-order valence-electron chi connectivity index (χ2n) is 4.76. The predicted molar refractivity (Wildman–Crippen MR) is 70.4 cm³/mol. The van der Waals surface area contributed by atoms with Gasteiger partial charge in [0.2, 0.25) is 0 Å². The van der Waals surface area contributed by atoms with Crippen LogP contribution in [0.15, 0.2) is 6.07 Å². The number of nitrogens with one attached hydrogen (secondary N) is 1. The van der Waals surface area contributed by atoms with Gasteiger partial charge in [-0.2, -0.15) is 0 Å². The average molecular weight is 237 g/mol. The Kier molecular flexibility index (Phi) is 4.75. The number of aromatic nitrogens is 1. The van der Waals surface area contributed by atoms with Gasteiger partial charge in [-0.3, -0.25) is 4.79 Å². The van der Waals surface area contributed by atoms with Gasteiger partial charge < -0.3 is 14.8 Å². The molecule has 0 radical (unpaired) electrons. The Hall–Kier alpha value is -1.29. The molecule has 0 saturated heterocycles. The second-order valence-corrected chi connectivity index (χ2v) is 4.76. The fourth-order valence-electron chi connectivity index (χ4n) is 1.78. The molecule has 96 valence electrons. The van der Waals surface area contributed by atoms with E-state index in [0.29, 0.717) is 0 Å². The third-order valence-electron chi connectivity index (χ3n) is 3.09. The summed E-state index contributed by atoms with van der Waals surface area (Å²) in [6, 6.07) is 1.94. The molecule has 0 bridgehead atoms. The van der Waals surface area contributed by atoms with Crippen LogP contribution in [-0.2, 0) is 7.05 Å². The minimum atomic E-state index is 0.0324. The number of carbonyl (C=O) groups excluding carboxylic acids is 1. The number of carbonyl (C=O) groups is 1. The molecule has 0 unspecified atom stereocenters. The zero-order valence-corrected chi connectivity index (χ0v) is 11.5. The Morgan fingerprint density at radius 2 is 2.06 bits per heavy atom. The molecular formula is C13H23N3O. The first kappa shape index (κ1) is 13.8. The highest BCUT2D eigenvalue weighted by Gasteiger charge is 2.12. The van der Waals surface area contributed by atoms with Crippen molar-refractivity contribution in [1.29, 1.82) is 0 Å². The van der Waals surface area contributed by atoms with Gasteiger partial charge in [-0.15, -0.1) is 0 Å². The van der Waals surface area contributed by atoms with E-state index < -0.39 is 0 Å². The Bertz CT molecular complexity index is 394. The van der Waals surface area contributed by atoms with Crippen molar-refractivity contribution in [3.8, 4) is 0 Å². The quantitative estimate of drug-likeness (QED) is 0.784. The summed E-state index contributed by atoms with van der Waals surface area (Å²) in [5.74, 6) is 0.0324. The van der Waals surface area contributed by atoms with Gasteiger partial charge in [-0.25, -0.2) is 0 Å². The molecule has 4 nitrogen and oxygen atoms in total. The molecule has 0 aliphatic rings. The van der Waals surface area contributed by atoms with Crippen molar-refractivity contribution in [2.75, 3.05) is 27.2 Å². The summed E-state index contributed by atoms with van der Waals surface area (Å²) < 4.78 is 2.04. The Morgan fingerprint density at radius 3 is 2.53 bits per heavy atom. The number of amides is 1. The summed E-state index contributed by atoms with van der Waals surface area (Å²) >= 11 is 0. The molecular weight excluding hydrogens is 214 g/mol. The maximum Gasteiger partial charge on any atom is 0.253 e. The first-order chi connectivity index (χ1) is 7.93. The highest BCUT2D eigenvalue weighted by molar-refractivity contribution is 5.95. The van der Waals surface area contributed by atoms with Crippen LogP contribution in [-0.4, -0.2) is 42.6 Å². The Labute approximate surface area is 104 Å². The van der Waals surface area contributed by atoms with E-state index in [1.54, 1.807) is 0 Å². The highest BCUT2D eigenvalue weighted by atomic mass is 16.1. The first-order valence-corrected chi connectivity index (χ1v) is 5.99. The highest BCUT2D eigenvalue weighted by Crippen LogP contribution is 2.12. The van der Waals surface area contributed by atoms with Gasteiger partial charge in [0.15, 0.2) is 0 Å². The number of hydrogen-bond acceptors (Lipinski definition) is 2. The average Bonchev–Trinajstić information content (AvgIpc) is 2.52. The third kappa shape index (κ3) is 3.60. The molecule has 4 heteroatoms. The van der Waals surface area contributed by atoms with Crippen LogP contribution in [0.3, 0.4) is 0 Å². The largest absolute Gasteiger partial charge is 0.352 e. The normalized spacial score (nSPS) is 10.9. The van der Waals surface area contributed by atoms with Crippen LogP contribution in [0.25, 0.3) is 0 Å². The summed E-state index contributed by atoms with van der Waals surface area (Å²) in [5.41, 5.74) is 2.92. The molecule has 1 aromatic heterocycles. The summed E-state index contributed by atoms with van der Waals surface area (Å²) in [5, 5.41) is 2.96. The van der Waals surface area contributed by atoms with Crippen molar-refractivity contribution in [1.82, 2.24) is 14.8 Å². The maximum absolute atomic E-state index is 11.9. The zero-order valence-electron chi connectivity index (χ0n) is 11.5. The lowest BCUT2D eigenvalue weighted by Gasteiger charge is -2.09. The molecule has 0 spiro atoms. The summed E-state index contributed by atoms with van der Waals surface area (Å²) in [7, 11) is 6.05. The molecule has 1 heterocycles. The van der Waals surface area contributed by atoms with Crippen molar-refractivity contribution >= 4 is 5.91 Å². The molecule has 0 aliphatic heterocycles. The molecule has 0 aromatic carbocycles. The van der Waals surface area contributed by atoms with Crippen LogP contribution in [0.4, 0.5) is 0 Å². The van der Waals surface area contributed by atoms with Gasteiger partial charge in [0.1, 0.15) is 0 Å². The van der Waals surface area contributed by atoms with E-state index in [1.165, 1.54) is 0 Å². The van der Waals surface area contributed by atoms with Crippen molar-refractivity contribution in [3.63, 3.8) is 0 Å². The first-order valence-electron chi connectivity index (χ1n) is 5.99. The lowest BCUT2D eigenvalue weighted by atomic mass is 10.2. The van der Waals surface area contributed by atoms with Gasteiger partial charge >= 0.3 is 0 Å². The molecule has 1 rings (SSSR count). The van der Waals surface area contributed by atoms with E-state index in [1.807, 2.05) is 45.6 Å². The summed E-state index contributed by atoms with van der Waals surface area (Å²) in [6.45, 7) is 5.70. The van der Waals surface area contributed by atoms with E-state index in [4.69, 9.17) is 0 Å². The number of rotatable bonds is 5. The molecule has 17 heavy (non-hydrogen) atoms. The summed E-state index contributed by atoms with van der Waals surface area (Å²) in [6.07, 6.45) is 0.976. The van der Waals surface area contributed by atoms with E-state index in [0.717, 1.165) is 36.5 Å². The second kappa shape index (κ2) is 5.87. The predicted octanol–water partition coefficient (Wildman–Crippen LogP) is 1.32. The zero-order chi connectivity index (χ0) is 13.0. The van der Waals surface area contributed by atoms with E-state index >= 15 is 0 Å². The van der Waals surface area contributed by atoms with Gasteiger partial charge in [-0.05, 0) is 47.0 Å². The molecule has 1 aromatic rings. The fraction of sp³-hybridized carbons (Fsp3) is 0.615. The summed E-state index contributed by atoms with van der Waals surface area (Å²) in [4.78, 5) is 14.1. The van der Waals surface area contributed by atoms with Crippen molar-refractivity contribution < 1.29 is 4.79 Å². The van der Waals surface area contributed by atoms with Gasteiger partial charge in [0.05, 0.1) is 5.56 Å². The molecule has 1 amide bonds. The lowest BCUT2D eigenvalue weighted by Crippen LogP contribution is -2.27. The fourth-order valence-corrected chi connectivity index (χ4v) is 1.78. The van der Waals surface area contributed by atoms with Crippen LogP contribution < -0.4 is 5.32 Å². The van der Waals surface area contributed by atoms with E-state index in [2.05, 4.69) is 10.2 Å². The number of aryl methyl sites for hydroxylation is 1. The van der Waals surface area contributed by atoms with Gasteiger partial charge in [0, 0.05) is 25.0 Å². The van der Waals surface area contributed by atoms with E-state index in [9.17, 15) is 4.79 Å². The van der Waals surface area contributed by atoms with Crippen molar-refractivity contribution in [3.05, 3.63) is 23.0 Å². The molecule has 0 fully saturated rings. The standard InChI is InChI=1S/C13H23N3O/c1-10-9-12(11(2)16(10)5)13(17)14-7-6-8-15(3)4/h9H,6-8H2,1-5H3,(H,14,17). The molecule has 0 aliphatic carbocycles. The lowest BCUT2D eigenvalue weighted by molar-refractivity contribution is 0.0951. The smallest absolute Gasteiger partial charge is 0.253 e. The van der Waals surface area contributed by atoms with Crippen molar-refractivity contribution in [2.45, 2.75) is 20.3 Å². The van der Waals surface area contributed by atoms with Crippen LogP contribution in [0, 0.1) is 13.8 Å². The van der Waals surface area contributed by atoms with Crippen LogP contribution in [0.1, 0.15) is 28.2 Å². The minimum absolute atomic E-state index is 0.0324. The van der Waals surface area contributed by atoms with Crippen LogP contribution in [0.5, 0.6) is 0 Å². The minimum Gasteiger partial charge on any atom is -0.352 e. The molecule has 0 saturated carbocycles. The maximum atomic E-state index is 11.9. The Balaban J connectivity index is 2.50. The topological polar surface area (TPSA) is 37.3 Å².